The predicted octanol–water partition coefficient (Wildman–Crippen LogP) is 3.33. The number of hydrogen-bond donors (Lipinski definition) is 2. The van der Waals surface area contributed by atoms with E-state index in [-0.39, 0.29) is 5.75 Å². The highest BCUT2D eigenvalue weighted by Crippen LogP contribution is 2.31. The number of amides is 1. The lowest BCUT2D eigenvalue weighted by Gasteiger charge is -2.16. The van der Waals surface area contributed by atoms with Gasteiger partial charge in [0.05, 0.1) is 17.9 Å². The fourth-order valence-corrected chi connectivity index (χ4v) is 2.92. The molecule has 0 spiro atoms. The van der Waals surface area contributed by atoms with E-state index >= 15 is 0 Å². The minimum Gasteiger partial charge on any atom is -0.484 e. The van der Waals surface area contributed by atoms with Crippen LogP contribution in [0.2, 0.25) is 0 Å². The summed E-state index contributed by atoms with van der Waals surface area (Å²) in [5.41, 5.74) is 0.122. The fraction of sp³-hybridized carbons (Fsp3) is 0.278. The number of carbonyl (C=O) groups is 1. The van der Waals surface area contributed by atoms with Crippen LogP contribution in [0, 0.1) is 0 Å². The third-order valence-corrected chi connectivity index (χ3v) is 4.21. The summed E-state index contributed by atoms with van der Waals surface area (Å²) in [5.74, 6) is -0.608. The summed E-state index contributed by atoms with van der Waals surface area (Å²) in [7, 11) is -3.43. The maximum absolute atomic E-state index is 12.7. The summed E-state index contributed by atoms with van der Waals surface area (Å²) < 4.78 is 68.1. The molecule has 0 saturated carbocycles. The Morgan fingerprint density at radius 1 is 1.14 bits per heavy atom. The average molecular weight is 416 g/mol. The first kappa shape index (κ1) is 21.5. The number of ether oxygens (including phenoxy) is 1. The highest BCUT2D eigenvalue weighted by Gasteiger charge is 2.30. The van der Waals surface area contributed by atoms with Crippen molar-refractivity contribution in [3.8, 4) is 5.75 Å². The maximum atomic E-state index is 12.7. The van der Waals surface area contributed by atoms with Gasteiger partial charge in [-0.05, 0) is 42.8 Å². The van der Waals surface area contributed by atoms with Crippen molar-refractivity contribution in [3.05, 3.63) is 59.7 Å². The molecule has 2 rings (SSSR count). The van der Waals surface area contributed by atoms with Gasteiger partial charge in [0, 0.05) is 5.69 Å². The Morgan fingerprint density at radius 3 is 2.46 bits per heavy atom. The van der Waals surface area contributed by atoms with Crippen LogP contribution in [0.1, 0.15) is 24.1 Å². The van der Waals surface area contributed by atoms with Crippen LogP contribution in [-0.4, -0.2) is 27.2 Å². The van der Waals surface area contributed by atoms with Crippen LogP contribution in [0.4, 0.5) is 18.9 Å². The van der Waals surface area contributed by atoms with Crippen LogP contribution in [0.25, 0.3) is 0 Å². The van der Waals surface area contributed by atoms with E-state index < -0.39 is 40.3 Å². The van der Waals surface area contributed by atoms with Crippen LogP contribution in [0.5, 0.6) is 5.75 Å². The lowest BCUT2D eigenvalue weighted by atomic mass is 10.1. The van der Waals surface area contributed by atoms with Gasteiger partial charge in [0.15, 0.2) is 6.61 Å². The van der Waals surface area contributed by atoms with Gasteiger partial charge in [0.1, 0.15) is 5.75 Å². The lowest BCUT2D eigenvalue weighted by molar-refractivity contribution is -0.137. The van der Waals surface area contributed by atoms with E-state index in [2.05, 4.69) is 10.0 Å². The molecule has 2 aromatic carbocycles. The van der Waals surface area contributed by atoms with Gasteiger partial charge >= 0.3 is 6.18 Å². The van der Waals surface area contributed by atoms with Crippen molar-refractivity contribution < 1.29 is 31.1 Å². The molecular weight excluding hydrogens is 397 g/mol. The number of sulfonamides is 1. The van der Waals surface area contributed by atoms with Gasteiger partial charge in [-0.1, -0.05) is 18.2 Å². The Hall–Kier alpha value is -2.75. The standard InChI is InChI=1S/C18H19F3N2O4S/c1-12(13-5-3-7-15(9-13)23-28(2,25)26)22-17(24)11-27-16-8-4-6-14(10-16)18(19,20)21/h3-10,12,23H,11H2,1-2H3,(H,22,24)/t12-/m0/s1. The molecule has 1 amide bonds. The zero-order valence-electron chi connectivity index (χ0n) is 15.1. The summed E-state index contributed by atoms with van der Waals surface area (Å²) in [5, 5.41) is 2.64. The molecule has 10 heteroatoms. The second kappa shape index (κ2) is 8.51. The zero-order chi connectivity index (χ0) is 20.9. The van der Waals surface area contributed by atoms with Crippen molar-refractivity contribution in [1.82, 2.24) is 5.32 Å². The predicted molar refractivity (Wildman–Crippen MR) is 98.4 cm³/mol. The molecule has 0 aliphatic rings. The molecule has 0 bridgehead atoms. The number of rotatable bonds is 7. The van der Waals surface area contributed by atoms with Gasteiger partial charge in [-0.2, -0.15) is 13.2 Å². The Morgan fingerprint density at radius 2 is 1.82 bits per heavy atom. The highest BCUT2D eigenvalue weighted by molar-refractivity contribution is 7.92. The maximum Gasteiger partial charge on any atom is 0.416 e. The summed E-state index contributed by atoms with van der Waals surface area (Å²) in [6.07, 6.45) is -3.48. The Kier molecular flexibility index (Phi) is 6.55. The summed E-state index contributed by atoms with van der Waals surface area (Å²) in [6, 6.07) is 10.2. The summed E-state index contributed by atoms with van der Waals surface area (Å²) in [4.78, 5) is 12.0. The van der Waals surface area contributed by atoms with Gasteiger partial charge in [0.25, 0.3) is 5.91 Å². The molecule has 0 radical (unpaired) electrons. The van der Waals surface area contributed by atoms with Crippen LogP contribution < -0.4 is 14.8 Å². The van der Waals surface area contributed by atoms with Gasteiger partial charge in [-0.3, -0.25) is 9.52 Å². The molecule has 2 N–H and O–H groups in total. The first-order valence-corrected chi connectivity index (χ1v) is 10.0. The van der Waals surface area contributed by atoms with Crippen LogP contribution >= 0.6 is 0 Å². The molecule has 0 heterocycles. The van der Waals surface area contributed by atoms with Gasteiger partial charge in [0.2, 0.25) is 10.0 Å². The van der Waals surface area contributed by atoms with E-state index in [0.29, 0.717) is 11.3 Å². The smallest absolute Gasteiger partial charge is 0.416 e. The Balaban J connectivity index is 1.95. The van der Waals surface area contributed by atoms with Crippen molar-refractivity contribution >= 4 is 21.6 Å². The first-order chi connectivity index (χ1) is 12.9. The largest absolute Gasteiger partial charge is 0.484 e. The summed E-state index contributed by atoms with van der Waals surface area (Å²) in [6.45, 7) is 1.22. The molecular formula is C18H19F3N2O4S. The monoisotopic (exact) mass is 416 g/mol. The third kappa shape index (κ3) is 6.76. The van der Waals surface area contributed by atoms with E-state index in [9.17, 15) is 26.4 Å². The number of carbonyl (C=O) groups excluding carboxylic acids is 1. The van der Waals surface area contributed by atoms with E-state index in [1.807, 2.05) is 0 Å². The SMILES string of the molecule is C[C@H](NC(=O)COc1cccc(C(F)(F)F)c1)c1cccc(NS(C)(=O)=O)c1. The number of nitrogens with one attached hydrogen (secondary N) is 2. The molecule has 28 heavy (non-hydrogen) atoms. The van der Waals surface area contributed by atoms with Crippen molar-refractivity contribution in [3.63, 3.8) is 0 Å². The Labute approximate surface area is 160 Å². The van der Waals surface area contributed by atoms with Crippen molar-refractivity contribution in [1.29, 1.82) is 0 Å². The molecule has 2 aromatic rings. The molecule has 0 fully saturated rings. The number of benzene rings is 2. The fourth-order valence-electron chi connectivity index (χ4n) is 2.36. The summed E-state index contributed by atoms with van der Waals surface area (Å²) >= 11 is 0. The number of halogens is 3. The molecule has 0 aliphatic heterocycles. The highest BCUT2D eigenvalue weighted by atomic mass is 32.2. The quantitative estimate of drug-likeness (QED) is 0.725. The van der Waals surface area contributed by atoms with Crippen LogP contribution in [0.15, 0.2) is 48.5 Å². The van der Waals surface area contributed by atoms with Crippen molar-refractivity contribution in [2.45, 2.75) is 19.1 Å². The average Bonchev–Trinajstić information content (AvgIpc) is 2.58. The van der Waals surface area contributed by atoms with E-state index in [4.69, 9.17) is 4.74 Å². The molecule has 152 valence electrons. The molecule has 6 nitrogen and oxygen atoms in total. The van der Waals surface area contributed by atoms with Gasteiger partial charge < -0.3 is 10.1 Å². The minimum absolute atomic E-state index is 0.0722. The topological polar surface area (TPSA) is 84.5 Å². The molecule has 0 aromatic heterocycles. The number of hydrogen-bond acceptors (Lipinski definition) is 4. The lowest BCUT2D eigenvalue weighted by Crippen LogP contribution is -2.31. The minimum atomic E-state index is -4.50. The first-order valence-electron chi connectivity index (χ1n) is 8.11. The second-order valence-electron chi connectivity index (χ2n) is 6.10. The van der Waals surface area contributed by atoms with Crippen LogP contribution in [0.3, 0.4) is 0 Å². The van der Waals surface area contributed by atoms with Gasteiger partial charge in [-0.15, -0.1) is 0 Å². The van der Waals surface area contributed by atoms with E-state index in [1.165, 1.54) is 12.1 Å². The van der Waals surface area contributed by atoms with E-state index in [1.54, 1.807) is 31.2 Å². The number of anilines is 1. The van der Waals surface area contributed by atoms with Gasteiger partial charge in [-0.25, -0.2) is 8.42 Å². The third-order valence-electron chi connectivity index (χ3n) is 3.60. The molecule has 0 saturated heterocycles. The molecule has 0 aliphatic carbocycles. The second-order valence-corrected chi connectivity index (χ2v) is 7.85. The normalized spacial score (nSPS) is 12.9. The van der Waals surface area contributed by atoms with Crippen molar-refractivity contribution in [2.75, 3.05) is 17.6 Å². The Bertz CT molecular complexity index is 946. The zero-order valence-corrected chi connectivity index (χ0v) is 15.9. The van der Waals surface area contributed by atoms with Crippen LogP contribution in [-0.2, 0) is 21.0 Å². The number of alkyl halides is 3. The van der Waals surface area contributed by atoms with Crippen molar-refractivity contribution in [2.24, 2.45) is 0 Å². The van der Waals surface area contributed by atoms with E-state index in [0.717, 1.165) is 18.4 Å². The molecule has 1 atom stereocenters. The molecule has 0 unspecified atom stereocenters.